The number of hydrogen-bond acceptors (Lipinski definition) is 5. The second-order valence-electron chi connectivity index (χ2n) is 7.80. The molecule has 0 bridgehead atoms. The molecule has 0 saturated heterocycles. The molecule has 1 aromatic heterocycles. The van der Waals surface area contributed by atoms with E-state index in [1.807, 2.05) is 0 Å². The third-order valence-electron chi connectivity index (χ3n) is 5.18. The quantitative estimate of drug-likeness (QED) is 0.553. The molecule has 0 saturated carbocycles. The van der Waals surface area contributed by atoms with E-state index in [2.05, 4.69) is 4.98 Å². The lowest BCUT2D eigenvalue weighted by Crippen LogP contribution is -2.52. The number of carbonyl (C=O) groups is 1. The average molecular weight is 520 g/mol. The molecule has 1 aromatic rings. The molecule has 1 unspecified atom stereocenters. The predicted octanol–water partition coefficient (Wildman–Crippen LogP) is 3.78. The summed E-state index contributed by atoms with van der Waals surface area (Å²) in [6, 6.07) is 0.687. The van der Waals surface area contributed by atoms with Crippen LogP contribution in [0.1, 0.15) is 23.2 Å². The molecule has 0 aromatic carbocycles. The van der Waals surface area contributed by atoms with Gasteiger partial charge in [0.2, 0.25) is 0 Å². The second kappa shape index (κ2) is 8.29. The van der Waals surface area contributed by atoms with E-state index in [9.17, 15) is 48.3 Å². The van der Waals surface area contributed by atoms with Crippen LogP contribution >= 0.6 is 0 Å². The van der Waals surface area contributed by atoms with Crippen LogP contribution in [0.2, 0.25) is 0 Å². The van der Waals surface area contributed by atoms with Crippen molar-refractivity contribution in [1.82, 2.24) is 9.88 Å². The van der Waals surface area contributed by atoms with Crippen LogP contribution in [-0.2, 0) is 38.6 Å². The molecule has 1 atom stereocenters. The third kappa shape index (κ3) is 5.09. The molecule has 0 N–H and O–H groups in total. The molecular formula is C19H16F8N2O4S. The van der Waals surface area contributed by atoms with Crippen LogP contribution in [0.25, 0.3) is 0 Å². The summed E-state index contributed by atoms with van der Waals surface area (Å²) >= 11 is 0. The highest BCUT2D eigenvalue weighted by molar-refractivity contribution is 7.94. The summed E-state index contributed by atoms with van der Waals surface area (Å²) in [7, 11) is -4.03. The largest absolute Gasteiger partial charge is 0.455 e. The summed E-state index contributed by atoms with van der Waals surface area (Å²) in [6.07, 6.45) is -7.04. The summed E-state index contributed by atoms with van der Waals surface area (Å²) in [5, 5.41) is 0. The van der Waals surface area contributed by atoms with Crippen LogP contribution in [-0.4, -0.2) is 54.8 Å². The van der Waals surface area contributed by atoms with Crippen molar-refractivity contribution in [3.63, 3.8) is 0 Å². The van der Waals surface area contributed by atoms with Gasteiger partial charge in [-0.05, 0) is 29.3 Å². The van der Waals surface area contributed by atoms with Crippen LogP contribution < -0.4 is 0 Å². The van der Waals surface area contributed by atoms with Gasteiger partial charge >= 0.3 is 18.3 Å². The second-order valence-corrected chi connectivity index (χ2v) is 9.82. The number of rotatable bonds is 5. The highest BCUT2D eigenvalue weighted by Gasteiger charge is 2.59. The van der Waals surface area contributed by atoms with E-state index in [1.54, 1.807) is 0 Å². The molecule has 34 heavy (non-hydrogen) atoms. The zero-order valence-electron chi connectivity index (χ0n) is 17.2. The van der Waals surface area contributed by atoms with E-state index in [0.29, 0.717) is 12.1 Å². The minimum atomic E-state index is -6.01. The van der Waals surface area contributed by atoms with E-state index >= 15 is 0 Å². The summed E-state index contributed by atoms with van der Waals surface area (Å²) < 4.78 is 133. The molecule has 15 heteroatoms. The Balaban J connectivity index is 1.96. The first-order chi connectivity index (χ1) is 15.4. The van der Waals surface area contributed by atoms with Gasteiger partial charge in [0, 0.05) is 32.0 Å². The molecule has 1 aliphatic carbocycles. The fraction of sp³-hybridized carbons (Fsp3) is 0.474. The molecule has 1 amide bonds. The fourth-order valence-electron chi connectivity index (χ4n) is 3.38. The SMILES string of the molecule is CS(=O)(=O)C1=CC(OCC(F)(F)C(F)(F)F)(C(=O)N2Cc3cnc(C(F)(F)F)cc3C2)CC=C1. The highest BCUT2D eigenvalue weighted by Crippen LogP contribution is 2.39. The monoisotopic (exact) mass is 520 g/mol. The van der Waals surface area contributed by atoms with Gasteiger partial charge in [0.05, 0.1) is 4.91 Å². The van der Waals surface area contributed by atoms with Crippen LogP contribution in [0.4, 0.5) is 35.1 Å². The van der Waals surface area contributed by atoms with Crippen molar-refractivity contribution in [2.75, 3.05) is 12.9 Å². The number of allylic oxidation sites excluding steroid dienone is 1. The summed E-state index contributed by atoms with van der Waals surface area (Å²) in [6.45, 7) is -3.08. The minimum absolute atomic E-state index is 0.0325. The van der Waals surface area contributed by atoms with Crippen molar-refractivity contribution in [2.45, 2.75) is 43.4 Å². The van der Waals surface area contributed by atoms with Gasteiger partial charge < -0.3 is 9.64 Å². The Kier molecular flexibility index (Phi) is 6.35. The van der Waals surface area contributed by atoms with Crippen molar-refractivity contribution in [3.05, 3.63) is 52.2 Å². The van der Waals surface area contributed by atoms with Gasteiger partial charge in [0.1, 0.15) is 12.3 Å². The molecule has 0 spiro atoms. The van der Waals surface area contributed by atoms with Crippen molar-refractivity contribution < 1.29 is 53.1 Å². The Morgan fingerprint density at radius 2 is 1.74 bits per heavy atom. The predicted molar refractivity (Wildman–Crippen MR) is 99.9 cm³/mol. The number of carbonyl (C=O) groups excluding carboxylic acids is 1. The summed E-state index contributed by atoms with van der Waals surface area (Å²) in [5.41, 5.74) is -3.58. The maximum atomic E-state index is 13.6. The molecule has 2 heterocycles. The number of ether oxygens (including phenoxy) is 1. The van der Waals surface area contributed by atoms with Gasteiger partial charge in [0.25, 0.3) is 5.91 Å². The zero-order valence-corrected chi connectivity index (χ0v) is 18.0. The van der Waals surface area contributed by atoms with E-state index in [0.717, 1.165) is 29.5 Å². The Morgan fingerprint density at radius 3 is 2.29 bits per heavy atom. The summed E-state index contributed by atoms with van der Waals surface area (Å²) in [4.78, 5) is 16.8. The maximum Gasteiger partial charge on any atom is 0.455 e. The number of sulfone groups is 1. The van der Waals surface area contributed by atoms with Crippen LogP contribution in [0, 0.1) is 0 Å². The normalized spacial score (nSPS) is 21.4. The summed E-state index contributed by atoms with van der Waals surface area (Å²) in [5.74, 6) is -6.55. The number of alkyl halides is 8. The molecule has 188 valence electrons. The van der Waals surface area contributed by atoms with Gasteiger partial charge in [-0.1, -0.05) is 6.08 Å². The van der Waals surface area contributed by atoms with Gasteiger partial charge in [0.15, 0.2) is 15.4 Å². The molecule has 1 aliphatic heterocycles. The van der Waals surface area contributed by atoms with Crippen molar-refractivity contribution in [3.8, 4) is 0 Å². The number of hydrogen-bond donors (Lipinski definition) is 0. The maximum absolute atomic E-state index is 13.6. The smallest absolute Gasteiger partial charge is 0.354 e. The lowest BCUT2D eigenvalue weighted by atomic mass is 9.93. The molecule has 6 nitrogen and oxygen atoms in total. The van der Waals surface area contributed by atoms with Gasteiger partial charge in [-0.2, -0.15) is 35.1 Å². The average Bonchev–Trinajstić information content (AvgIpc) is 3.13. The molecular weight excluding hydrogens is 504 g/mol. The third-order valence-corrected chi connectivity index (χ3v) is 6.29. The van der Waals surface area contributed by atoms with Crippen molar-refractivity contribution >= 4 is 15.7 Å². The van der Waals surface area contributed by atoms with Crippen LogP contribution in [0.5, 0.6) is 0 Å². The Morgan fingerprint density at radius 1 is 1.12 bits per heavy atom. The van der Waals surface area contributed by atoms with Crippen LogP contribution in [0.15, 0.2) is 35.4 Å². The van der Waals surface area contributed by atoms with Crippen molar-refractivity contribution in [2.24, 2.45) is 0 Å². The number of amides is 1. The molecule has 3 rings (SSSR count). The van der Waals surface area contributed by atoms with Crippen molar-refractivity contribution in [1.29, 1.82) is 0 Å². The first-order valence-electron chi connectivity index (χ1n) is 9.38. The van der Waals surface area contributed by atoms with Gasteiger partial charge in [-0.3, -0.25) is 9.78 Å². The molecule has 0 radical (unpaired) electrons. The number of aromatic nitrogens is 1. The standard InChI is InChI=1S/C19H16F8N2O4S/c1-34(31,32)13-3-2-4-16(6-13,33-10-17(20,21)19(25,26)27)15(30)29-8-11-5-14(18(22,23)24)28-7-12(11)9-29/h2-3,5-7H,4,8-10H2,1H3. The molecule has 0 fully saturated rings. The number of halogens is 8. The lowest BCUT2D eigenvalue weighted by molar-refractivity contribution is -0.302. The Labute approximate surface area is 187 Å². The van der Waals surface area contributed by atoms with E-state index < -0.39 is 69.8 Å². The van der Waals surface area contributed by atoms with Gasteiger partial charge in [-0.25, -0.2) is 8.42 Å². The fourth-order valence-corrected chi connectivity index (χ4v) is 4.13. The zero-order chi connectivity index (χ0) is 25.7. The Hall–Kier alpha value is -2.55. The highest BCUT2D eigenvalue weighted by atomic mass is 32.2. The number of fused-ring (bicyclic) bond motifs is 1. The van der Waals surface area contributed by atoms with E-state index in [4.69, 9.17) is 4.74 Å². The Bertz CT molecular complexity index is 1160. The minimum Gasteiger partial charge on any atom is -0.354 e. The molecule has 2 aliphatic rings. The van der Waals surface area contributed by atoms with Crippen LogP contribution in [0.3, 0.4) is 0 Å². The van der Waals surface area contributed by atoms with E-state index in [-0.39, 0.29) is 17.7 Å². The number of pyridine rings is 1. The lowest BCUT2D eigenvalue weighted by Gasteiger charge is -2.36. The number of nitrogens with zero attached hydrogens (tertiary/aromatic N) is 2. The topological polar surface area (TPSA) is 76.6 Å². The van der Waals surface area contributed by atoms with E-state index in [1.165, 1.54) is 0 Å². The first-order valence-corrected chi connectivity index (χ1v) is 11.3. The first kappa shape index (κ1) is 26.1. The van der Waals surface area contributed by atoms with Gasteiger partial charge in [-0.15, -0.1) is 0 Å².